The van der Waals surface area contributed by atoms with Crippen molar-refractivity contribution in [3.63, 3.8) is 0 Å². The molecular weight excluding hydrogens is 340 g/mol. The van der Waals surface area contributed by atoms with Gasteiger partial charge in [0.25, 0.3) is 0 Å². The van der Waals surface area contributed by atoms with Crippen LogP contribution in [0.3, 0.4) is 0 Å². The van der Waals surface area contributed by atoms with Gasteiger partial charge in [-0.05, 0) is 75.9 Å². The number of hydrogen-bond acceptors (Lipinski definition) is 3. The van der Waals surface area contributed by atoms with Crippen molar-refractivity contribution in [2.75, 3.05) is 32.1 Å². The Morgan fingerprint density at radius 1 is 1.22 bits per heavy atom. The Labute approximate surface area is 161 Å². The minimum Gasteiger partial charge on any atom is -0.368 e. The van der Waals surface area contributed by atoms with E-state index in [0.717, 1.165) is 38.0 Å². The SMILES string of the molecule is CN(C)CCC1(c2ccc(N3C(=O)N4CCC[C@@H]4C3C(N)=O)cc2)CCC1. The van der Waals surface area contributed by atoms with Crippen molar-refractivity contribution in [1.82, 2.24) is 9.80 Å². The zero-order valence-corrected chi connectivity index (χ0v) is 16.4. The minimum absolute atomic E-state index is 0.0762. The highest BCUT2D eigenvalue weighted by atomic mass is 16.2. The van der Waals surface area contributed by atoms with E-state index >= 15 is 0 Å². The molecule has 0 bridgehead atoms. The normalized spacial score (nSPS) is 26.4. The highest BCUT2D eigenvalue weighted by Crippen LogP contribution is 2.47. The molecule has 2 aliphatic heterocycles. The van der Waals surface area contributed by atoms with Crippen LogP contribution >= 0.6 is 0 Å². The van der Waals surface area contributed by atoms with E-state index in [9.17, 15) is 9.59 Å². The van der Waals surface area contributed by atoms with Crippen molar-refractivity contribution in [3.8, 4) is 0 Å². The maximum atomic E-state index is 12.9. The van der Waals surface area contributed by atoms with E-state index in [2.05, 4.69) is 31.1 Å². The predicted octanol–water partition coefficient (Wildman–Crippen LogP) is 2.32. The number of nitrogens with two attached hydrogens (primary N) is 1. The first kappa shape index (κ1) is 18.3. The van der Waals surface area contributed by atoms with E-state index in [1.807, 2.05) is 17.0 Å². The van der Waals surface area contributed by atoms with Crippen molar-refractivity contribution in [1.29, 1.82) is 0 Å². The van der Waals surface area contributed by atoms with Gasteiger partial charge in [0.2, 0.25) is 5.91 Å². The van der Waals surface area contributed by atoms with Crippen LogP contribution in [0.15, 0.2) is 24.3 Å². The monoisotopic (exact) mass is 370 g/mol. The van der Waals surface area contributed by atoms with E-state index in [4.69, 9.17) is 5.73 Å². The fourth-order valence-electron chi connectivity index (χ4n) is 5.08. The van der Waals surface area contributed by atoms with Crippen LogP contribution in [0, 0.1) is 0 Å². The summed E-state index contributed by atoms with van der Waals surface area (Å²) in [6, 6.07) is 7.59. The predicted molar refractivity (Wildman–Crippen MR) is 106 cm³/mol. The molecule has 1 aromatic carbocycles. The number of rotatable bonds is 6. The van der Waals surface area contributed by atoms with Crippen molar-refractivity contribution in [2.24, 2.45) is 5.73 Å². The van der Waals surface area contributed by atoms with Gasteiger partial charge >= 0.3 is 6.03 Å². The van der Waals surface area contributed by atoms with E-state index < -0.39 is 11.9 Å². The molecule has 2 N–H and O–H groups in total. The van der Waals surface area contributed by atoms with Crippen LogP contribution in [0.1, 0.15) is 44.1 Å². The molecule has 27 heavy (non-hydrogen) atoms. The third-order valence-corrected chi connectivity index (χ3v) is 6.79. The number of amides is 3. The third-order valence-electron chi connectivity index (χ3n) is 6.79. The van der Waals surface area contributed by atoms with Crippen molar-refractivity contribution in [2.45, 2.75) is 56.0 Å². The van der Waals surface area contributed by atoms with Gasteiger partial charge in [-0.2, -0.15) is 0 Å². The van der Waals surface area contributed by atoms with Crippen molar-refractivity contribution < 1.29 is 9.59 Å². The number of fused-ring (bicyclic) bond motifs is 1. The lowest BCUT2D eigenvalue weighted by Crippen LogP contribution is -2.46. The van der Waals surface area contributed by atoms with E-state index in [0.29, 0.717) is 0 Å². The number of anilines is 1. The smallest absolute Gasteiger partial charge is 0.325 e. The number of urea groups is 1. The number of primary amides is 1. The summed E-state index contributed by atoms with van der Waals surface area (Å²) in [5.41, 5.74) is 8.07. The molecule has 1 aliphatic carbocycles. The van der Waals surface area contributed by atoms with Crippen LogP contribution in [0.25, 0.3) is 0 Å². The summed E-state index contributed by atoms with van der Waals surface area (Å²) in [5.74, 6) is -0.414. The van der Waals surface area contributed by atoms with Gasteiger partial charge in [-0.1, -0.05) is 18.6 Å². The lowest BCUT2D eigenvalue weighted by Gasteiger charge is -2.43. The molecule has 146 valence electrons. The van der Waals surface area contributed by atoms with Gasteiger partial charge in [0.05, 0.1) is 6.04 Å². The van der Waals surface area contributed by atoms with Gasteiger partial charge in [-0.15, -0.1) is 0 Å². The fourth-order valence-corrected chi connectivity index (χ4v) is 5.08. The molecule has 3 amide bonds. The standard InChI is InChI=1S/C21H30N4O2/c1-23(2)14-12-21(10-4-11-21)15-6-8-16(9-7-15)25-18(19(22)26)17-5-3-13-24(17)20(25)27/h6-9,17-18H,3-5,10-14H2,1-2H3,(H2,22,26)/t17-,18?/m1/s1. The fraction of sp³-hybridized carbons (Fsp3) is 0.619. The lowest BCUT2D eigenvalue weighted by molar-refractivity contribution is -0.119. The van der Waals surface area contributed by atoms with E-state index in [1.54, 1.807) is 4.90 Å². The zero-order chi connectivity index (χ0) is 19.2. The van der Waals surface area contributed by atoms with Gasteiger partial charge in [0.1, 0.15) is 6.04 Å². The molecule has 4 rings (SSSR count). The largest absolute Gasteiger partial charge is 0.368 e. The van der Waals surface area contributed by atoms with Gasteiger partial charge in [-0.3, -0.25) is 9.69 Å². The van der Waals surface area contributed by atoms with Crippen molar-refractivity contribution in [3.05, 3.63) is 29.8 Å². The molecule has 1 aromatic rings. The maximum Gasteiger partial charge on any atom is 0.325 e. The Morgan fingerprint density at radius 2 is 1.93 bits per heavy atom. The van der Waals surface area contributed by atoms with Crippen molar-refractivity contribution >= 4 is 17.6 Å². The summed E-state index contributed by atoms with van der Waals surface area (Å²) < 4.78 is 0. The second-order valence-corrected chi connectivity index (χ2v) is 8.64. The summed E-state index contributed by atoms with van der Waals surface area (Å²) in [5, 5.41) is 0. The molecule has 6 heteroatoms. The average molecular weight is 370 g/mol. The summed E-state index contributed by atoms with van der Waals surface area (Å²) in [7, 11) is 4.23. The van der Waals surface area contributed by atoms with Crippen LogP contribution in [-0.4, -0.2) is 61.0 Å². The van der Waals surface area contributed by atoms with Gasteiger partial charge in [-0.25, -0.2) is 4.79 Å². The second kappa shape index (κ2) is 6.82. The first-order valence-electron chi connectivity index (χ1n) is 10.1. The van der Waals surface area contributed by atoms with E-state index in [-0.39, 0.29) is 17.5 Å². The van der Waals surface area contributed by atoms with Gasteiger partial charge < -0.3 is 15.5 Å². The summed E-state index contributed by atoms with van der Waals surface area (Å²) in [4.78, 5) is 30.6. The first-order valence-corrected chi connectivity index (χ1v) is 10.1. The molecule has 3 fully saturated rings. The Bertz CT molecular complexity index is 726. The second-order valence-electron chi connectivity index (χ2n) is 8.64. The van der Waals surface area contributed by atoms with Crippen LogP contribution < -0.4 is 10.6 Å². The molecule has 1 saturated carbocycles. The number of carbonyl (C=O) groups excluding carboxylic acids is 2. The molecule has 2 atom stereocenters. The molecule has 3 aliphatic rings. The summed E-state index contributed by atoms with van der Waals surface area (Å²) >= 11 is 0. The average Bonchev–Trinajstić information content (AvgIpc) is 3.16. The zero-order valence-electron chi connectivity index (χ0n) is 16.4. The first-order chi connectivity index (χ1) is 12.9. The molecule has 0 spiro atoms. The Hall–Kier alpha value is -2.08. The molecule has 2 saturated heterocycles. The topological polar surface area (TPSA) is 69.9 Å². The van der Waals surface area contributed by atoms with Crippen LogP contribution in [0.5, 0.6) is 0 Å². The highest BCUT2D eigenvalue weighted by Gasteiger charge is 2.51. The molecule has 2 heterocycles. The van der Waals surface area contributed by atoms with Crippen LogP contribution in [0.4, 0.5) is 10.5 Å². The maximum absolute atomic E-state index is 12.9. The van der Waals surface area contributed by atoms with Gasteiger partial charge in [0, 0.05) is 12.2 Å². The highest BCUT2D eigenvalue weighted by molar-refractivity contribution is 6.03. The quantitative estimate of drug-likeness (QED) is 0.835. The van der Waals surface area contributed by atoms with Gasteiger partial charge in [0.15, 0.2) is 0 Å². The minimum atomic E-state index is -0.558. The van der Waals surface area contributed by atoms with E-state index in [1.165, 1.54) is 24.8 Å². The number of nitrogens with zero attached hydrogens (tertiary/aromatic N) is 3. The molecule has 0 aromatic heterocycles. The summed E-state index contributed by atoms with van der Waals surface area (Å²) in [6.45, 7) is 1.79. The van der Waals surface area contributed by atoms with Crippen LogP contribution in [0.2, 0.25) is 0 Å². The Kier molecular flexibility index (Phi) is 4.62. The molecular formula is C21H30N4O2. The molecule has 6 nitrogen and oxygen atoms in total. The number of carbonyl (C=O) groups is 2. The molecule has 1 unspecified atom stereocenters. The lowest BCUT2D eigenvalue weighted by atomic mass is 9.62. The number of benzene rings is 1. The summed E-state index contributed by atoms with van der Waals surface area (Å²) in [6.07, 6.45) is 6.68. The number of hydrogen-bond donors (Lipinski definition) is 1. The Balaban J connectivity index is 1.58. The van der Waals surface area contributed by atoms with Crippen LogP contribution in [-0.2, 0) is 10.2 Å². The Morgan fingerprint density at radius 3 is 2.48 bits per heavy atom. The third kappa shape index (κ3) is 3.00. The molecule has 0 radical (unpaired) electrons.